The first-order chi connectivity index (χ1) is 9.40. The van der Waals surface area contributed by atoms with Crippen molar-refractivity contribution in [3.8, 4) is 16.9 Å². The van der Waals surface area contributed by atoms with Gasteiger partial charge in [-0.3, -0.25) is 0 Å². The van der Waals surface area contributed by atoms with Gasteiger partial charge in [0.1, 0.15) is 5.75 Å². The Balaban J connectivity index is 2.66. The molecule has 20 heavy (non-hydrogen) atoms. The highest BCUT2D eigenvalue weighted by molar-refractivity contribution is 5.72. The quantitative estimate of drug-likeness (QED) is 0.766. The first kappa shape index (κ1) is 14.6. The second-order valence-corrected chi connectivity index (χ2v) is 6.16. The van der Waals surface area contributed by atoms with E-state index in [0.717, 1.165) is 5.56 Å². The zero-order valence-corrected chi connectivity index (χ0v) is 13.1. The van der Waals surface area contributed by atoms with Crippen LogP contribution in [0.5, 0.6) is 5.75 Å². The molecule has 0 aliphatic carbocycles. The van der Waals surface area contributed by atoms with Crippen LogP contribution in [0.4, 0.5) is 0 Å². The summed E-state index contributed by atoms with van der Waals surface area (Å²) in [6, 6.07) is 12.4. The van der Waals surface area contributed by atoms with Gasteiger partial charge in [0.15, 0.2) is 0 Å². The molecule has 1 N–H and O–H groups in total. The average Bonchev–Trinajstić information content (AvgIpc) is 2.37. The molecule has 0 aromatic heterocycles. The molecule has 0 bridgehead atoms. The third-order valence-corrected chi connectivity index (χ3v) is 3.87. The van der Waals surface area contributed by atoms with Gasteiger partial charge in [0.25, 0.3) is 0 Å². The molecule has 0 radical (unpaired) electrons. The average molecular weight is 268 g/mol. The van der Waals surface area contributed by atoms with Crippen molar-refractivity contribution >= 4 is 0 Å². The number of rotatable bonds is 3. The molecular weight excluding hydrogens is 244 g/mol. The molecule has 2 aromatic rings. The van der Waals surface area contributed by atoms with Crippen molar-refractivity contribution in [3.63, 3.8) is 0 Å². The molecule has 0 fully saturated rings. The maximum absolute atomic E-state index is 9.61. The fraction of sp³-hybridized carbons (Fsp3) is 0.368. The lowest BCUT2D eigenvalue weighted by Crippen LogP contribution is -1.97. The van der Waals surface area contributed by atoms with Crippen molar-refractivity contribution in [3.05, 3.63) is 53.1 Å². The van der Waals surface area contributed by atoms with Crippen molar-refractivity contribution < 1.29 is 5.11 Å². The van der Waals surface area contributed by atoms with Crippen LogP contribution < -0.4 is 0 Å². The van der Waals surface area contributed by atoms with Gasteiger partial charge in [-0.1, -0.05) is 52.0 Å². The predicted octanol–water partition coefficient (Wildman–Crippen LogP) is 5.61. The highest BCUT2D eigenvalue weighted by atomic mass is 16.3. The Bertz CT molecular complexity index is 609. The van der Waals surface area contributed by atoms with Crippen LogP contribution in [0.25, 0.3) is 11.1 Å². The largest absolute Gasteiger partial charge is 0.508 e. The molecule has 0 saturated heterocycles. The molecule has 0 saturated carbocycles. The lowest BCUT2D eigenvalue weighted by molar-refractivity contribution is 0.475. The van der Waals surface area contributed by atoms with Crippen LogP contribution in [-0.2, 0) is 0 Å². The summed E-state index contributed by atoms with van der Waals surface area (Å²) in [7, 11) is 0. The molecule has 0 heterocycles. The van der Waals surface area contributed by atoms with Crippen LogP contribution in [0, 0.1) is 6.92 Å². The van der Waals surface area contributed by atoms with Crippen LogP contribution in [-0.4, -0.2) is 5.11 Å². The lowest BCUT2D eigenvalue weighted by Gasteiger charge is -2.18. The third-order valence-electron chi connectivity index (χ3n) is 3.87. The SMILES string of the molecule is Cc1cc(O)ccc1-c1cc(C(C)C)ccc1C(C)C. The van der Waals surface area contributed by atoms with Gasteiger partial charge in [0, 0.05) is 0 Å². The molecule has 2 rings (SSSR count). The van der Waals surface area contributed by atoms with Gasteiger partial charge in [-0.15, -0.1) is 0 Å². The van der Waals surface area contributed by atoms with E-state index < -0.39 is 0 Å². The number of phenols is 1. The summed E-state index contributed by atoms with van der Waals surface area (Å²) in [5, 5.41) is 9.61. The minimum Gasteiger partial charge on any atom is -0.508 e. The molecule has 1 heteroatoms. The zero-order valence-electron chi connectivity index (χ0n) is 13.1. The third kappa shape index (κ3) is 2.87. The molecule has 1 nitrogen and oxygen atoms in total. The molecule has 0 aliphatic rings. The number of aryl methyl sites for hydroxylation is 1. The predicted molar refractivity (Wildman–Crippen MR) is 86.5 cm³/mol. The Morgan fingerprint density at radius 1 is 0.800 bits per heavy atom. The van der Waals surface area contributed by atoms with E-state index in [1.165, 1.54) is 22.3 Å². The van der Waals surface area contributed by atoms with Crippen molar-refractivity contribution in [2.24, 2.45) is 0 Å². The van der Waals surface area contributed by atoms with Crippen LogP contribution in [0.1, 0.15) is 56.2 Å². The lowest BCUT2D eigenvalue weighted by atomic mass is 9.87. The minimum atomic E-state index is 0.331. The Morgan fingerprint density at radius 3 is 2.05 bits per heavy atom. The monoisotopic (exact) mass is 268 g/mol. The minimum absolute atomic E-state index is 0.331. The van der Waals surface area contributed by atoms with Crippen molar-refractivity contribution in [2.75, 3.05) is 0 Å². The van der Waals surface area contributed by atoms with Crippen LogP contribution in [0.2, 0.25) is 0 Å². The molecular formula is C19H24O. The Labute approximate surface area is 122 Å². The summed E-state index contributed by atoms with van der Waals surface area (Å²) in [6.07, 6.45) is 0. The highest BCUT2D eigenvalue weighted by Gasteiger charge is 2.13. The van der Waals surface area contributed by atoms with Crippen molar-refractivity contribution in [2.45, 2.75) is 46.5 Å². The van der Waals surface area contributed by atoms with E-state index in [2.05, 4.69) is 52.8 Å². The van der Waals surface area contributed by atoms with Gasteiger partial charge in [-0.25, -0.2) is 0 Å². The Hall–Kier alpha value is -1.76. The smallest absolute Gasteiger partial charge is 0.115 e. The van der Waals surface area contributed by atoms with Crippen molar-refractivity contribution in [1.29, 1.82) is 0 Å². The molecule has 0 spiro atoms. The first-order valence-electron chi connectivity index (χ1n) is 7.34. The molecule has 0 amide bonds. The van der Waals surface area contributed by atoms with Gasteiger partial charge in [0.05, 0.1) is 0 Å². The summed E-state index contributed by atoms with van der Waals surface area (Å²) < 4.78 is 0. The van der Waals surface area contributed by atoms with E-state index in [0.29, 0.717) is 17.6 Å². The van der Waals surface area contributed by atoms with E-state index in [1.54, 1.807) is 6.07 Å². The standard InChI is InChI=1S/C19H24O/c1-12(2)15-6-8-17(13(3)4)19(11-15)18-9-7-16(20)10-14(18)5/h6-13,20H,1-5H3. The summed E-state index contributed by atoms with van der Waals surface area (Å²) in [6.45, 7) is 10.9. The number of benzene rings is 2. The van der Waals surface area contributed by atoms with E-state index in [9.17, 15) is 5.11 Å². The summed E-state index contributed by atoms with van der Waals surface area (Å²) in [5.41, 5.74) is 6.35. The van der Waals surface area contributed by atoms with Gasteiger partial charge in [0.2, 0.25) is 0 Å². The molecule has 2 aromatic carbocycles. The maximum atomic E-state index is 9.61. The van der Waals surface area contributed by atoms with Gasteiger partial charge >= 0.3 is 0 Å². The first-order valence-corrected chi connectivity index (χ1v) is 7.34. The van der Waals surface area contributed by atoms with E-state index >= 15 is 0 Å². The van der Waals surface area contributed by atoms with E-state index in [4.69, 9.17) is 0 Å². The van der Waals surface area contributed by atoms with Gasteiger partial charge in [-0.2, -0.15) is 0 Å². The van der Waals surface area contributed by atoms with Gasteiger partial charge < -0.3 is 5.11 Å². The van der Waals surface area contributed by atoms with E-state index in [1.807, 2.05) is 12.1 Å². The summed E-state index contributed by atoms with van der Waals surface area (Å²) >= 11 is 0. The highest BCUT2D eigenvalue weighted by Crippen LogP contribution is 2.34. The molecule has 0 atom stereocenters. The van der Waals surface area contributed by atoms with Crippen LogP contribution in [0.15, 0.2) is 36.4 Å². The van der Waals surface area contributed by atoms with Crippen LogP contribution >= 0.6 is 0 Å². The Kier molecular flexibility index (Phi) is 4.17. The Morgan fingerprint density at radius 2 is 1.50 bits per heavy atom. The number of hydrogen-bond donors (Lipinski definition) is 1. The number of phenolic OH excluding ortho intramolecular Hbond substituents is 1. The van der Waals surface area contributed by atoms with E-state index in [-0.39, 0.29) is 0 Å². The molecule has 106 valence electrons. The fourth-order valence-corrected chi connectivity index (χ4v) is 2.62. The summed E-state index contributed by atoms with van der Waals surface area (Å²) in [5.74, 6) is 1.34. The fourth-order valence-electron chi connectivity index (χ4n) is 2.62. The van der Waals surface area contributed by atoms with Crippen molar-refractivity contribution in [1.82, 2.24) is 0 Å². The van der Waals surface area contributed by atoms with Gasteiger partial charge in [-0.05, 0) is 58.7 Å². The zero-order chi connectivity index (χ0) is 14.9. The normalized spacial score (nSPS) is 11.3. The second-order valence-electron chi connectivity index (χ2n) is 6.16. The summed E-state index contributed by atoms with van der Waals surface area (Å²) in [4.78, 5) is 0. The topological polar surface area (TPSA) is 20.2 Å². The number of hydrogen-bond acceptors (Lipinski definition) is 1. The maximum Gasteiger partial charge on any atom is 0.115 e. The second kappa shape index (κ2) is 5.70. The molecule has 0 unspecified atom stereocenters. The van der Waals surface area contributed by atoms with Crippen LogP contribution in [0.3, 0.4) is 0 Å². The number of aromatic hydroxyl groups is 1. The molecule has 0 aliphatic heterocycles.